The molecular formula is C21H19N3O4. The molecule has 0 aromatic carbocycles. The largest absolute Gasteiger partial charge is 0.467 e. The molecule has 3 heterocycles. The zero-order valence-electron chi connectivity index (χ0n) is 15.0. The number of carbonyl (C=O) groups is 3. The van der Waals surface area contributed by atoms with E-state index in [0.29, 0.717) is 11.6 Å². The number of fused-ring (bicyclic) bond motifs is 5. The molecule has 1 N–H and O–H groups in total. The highest BCUT2D eigenvalue weighted by Crippen LogP contribution is 2.54. The van der Waals surface area contributed by atoms with E-state index in [1.54, 1.807) is 36.5 Å². The average Bonchev–Trinajstić information content (AvgIpc) is 3.46. The predicted octanol–water partition coefficient (Wildman–Crippen LogP) is 2.55. The second-order valence-corrected chi connectivity index (χ2v) is 7.54. The van der Waals surface area contributed by atoms with Crippen LogP contribution >= 0.6 is 0 Å². The first kappa shape index (κ1) is 16.9. The molecule has 142 valence electrons. The zero-order chi connectivity index (χ0) is 19.3. The summed E-state index contributed by atoms with van der Waals surface area (Å²) in [6.45, 7) is 0. The first-order valence-electron chi connectivity index (χ1n) is 9.43. The molecule has 28 heavy (non-hydrogen) atoms. The summed E-state index contributed by atoms with van der Waals surface area (Å²) in [7, 11) is 0. The van der Waals surface area contributed by atoms with Crippen molar-refractivity contribution in [3.8, 4) is 0 Å². The number of furan rings is 1. The molecule has 3 aliphatic rings. The Labute approximate surface area is 161 Å². The number of allylic oxidation sites excluding steroid dienone is 2. The van der Waals surface area contributed by atoms with Gasteiger partial charge in [0.05, 0.1) is 24.5 Å². The van der Waals surface area contributed by atoms with E-state index in [2.05, 4.69) is 22.5 Å². The van der Waals surface area contributed by atoms with Crippen molar-refractivity contribution >= 4 is 23.5 Å². The fourth-order valence-corrected chi connectivity index (χ4v) is 4.84. The van der Waals surface area contributed by atoms with Gasteiger partial charge in [0.15, 0.2) is 0 Å². The van der Waals surface area contributed by atoms with Gasteiger partial charge >= 0.3 is 0 Å². The SMILES string of the molecule is O=C(CC(c1ccco1)N1C(=O)C2C3C=CC(C3)C2C1=O)Nc1ccccn1. The van der Waals surface area contributed by atoms with Gasteiger partial charge in [0.25, 0.3) is 0 Å². The maximum absolute atomic E-state index is 13.1. The van der Waals surface area contributed by atoms with E-state index in [9.17, 15) is 14.4 Å². The normalized spacial score (nSPS) is 28.6. The van der Waals surface area contributed by atoms with Gasteiger partial charge in [-0.1, -0.05) is 18.2 Å². The van der Waals surface area contributed by atoms with Gasteiger partial charge in [-0.3, -0.25) is 19.3 Å². The lowest BCUT2D eigenvalue weighted by atomic mass is 9.85. The van der Waals surface area contributed by atoms with Gasteiger partial charge in [-0.15, -0.1) is 0 Å². The van der Waals surface area contributed by atoms with Crippen LogP contribution in [0.4, 0.5) is 5.82 Å². The molecule has 1 saturated carbocycles. The van der Waals surface area contributed by atoms with Crippen LogP contribution in [0.1, 0.15) is 24.6 Å². The molecule has 3 amide bonds. The second kappa shape index (κ2) is 6.44. The lowest BCUT2D eigenvalue weighted by molar-refractivity contribution is -0.144. The number of aromatic nitrogens is 1. The van der Waals surface area contributed by atoms with E-state index in [1.807, 2.05) is 0 Å². The molecule has 5 unspecified atom stereocenters. The van der Waals surface area contributed by atoms with Crippen LogP contribution in [-0.2, 0) is 14.4 Å². The standard InChI is InChI=1S/C21H19N3O4/c25-17(23-16-5-1-2-8-22-16)11-14(15-4-3-9-28-15)24-20(26)18-12-6-7-13(10-12)19(18)21(24)27/h1-9,12-14,18-19H,10-11H2,(H,22,23,25). The van der Waals surface area contributed by atoms with Crippen LogP contribution < -0.4 is 5.32 Å². The van der Waals surface area contributed by atoms with Crippen LogP contribution in [0.2, 0.25) is 0 Å². The smallest absolute Gasteiger partial charge is 0.234 e. The lowest BCUT2D eigenvalue weighted by Crippen LogP contribution is -2.38. The molecule has 0 radical (unpaired) electrons. The van der Waals surface area contributed by atoms with Crippen LogP contribution in [0.15, 0.2) is 59.4 Å². The van der Waals surface area contributed by atoms with Crippen LogP contribution in [0.3, 0.4) is 0 Å². The van der Waals surface area contributed by atoms with Crippen LogP contribution in [0, 0.1) is 23.7 Å². The number of nitrogens with zero attached hydrogens (tertiary/aromatic N) is 2. The Hall–Kier alpha value is -3.22. The van der Waals surface area contributed by atoms with Crippen molar-refractivity contribution in [1.82, 2.24) is 9.88 Å². The van der Waals surface area contributed by atoms with Crippen molar-refractivity contribution in [2.24, 2.45) is 23.7 Å². The minimum atomic E-state index is -0.760. The molecule has 5 atom stereocenters. The molecule has 1 aliphatic heterocycles. The summed E-state index contributed by atoms with van der Waals surface area (Å²) in [5, 5.41) is 2.71. The minimum Gasteiger partial charge on any atom is -0.467 e. The molecule has 2 aliphatic carbocycles. The monoisotopic (exact) mass is 377 g/mol. The second-order valence-electron chi connectivity index (χ2n) is 7.54. The van der Waals surface area contributed by atoms with Crippen molar-refractivity contribution in [1.29, 1.82) is 0 Å². The number of imide groups is 1. The number of hydrogen-bond donors (Lipinski definition) is 1. The maximum Gasteiger partial charge on any atom is 0.234 e. The average molecular weight is 377 g/mol. The summed E-state index contributed by atoms with van der Waals surface area (Å²) in [4.78, 5) is 44.3. The maximum atomic E-state index is 13.1. The molecule has 2 bridgehead atoms. The number of amides is 3. The number of anilines is 1. The van der Waals surface area contributed by atoms with Crippen molar-refractivity contribution < 1.29 is 18.8 Å². The fraction of sp³-hybridized carbons (Fsp3) is 0.333. The van der Waals surface area contributed by atoms with Gasteiger partial charge in [-0.25, -0.2) is 4.98 Å². The van der Waals surface area contributed by atoms with Gasteiger partial charge < -0.3 is 9.73 Å². The molecule has 0 spiro atoms. The van der Waals surface area contributed by atoms with Crippen molar-refractivity contribution in [2.75, 3.05) is 5.32 Å². The highest BCUT2D eigenvalue weighted by Gasteiger charge is 2.60. The Balaban J connectivity index is 1.41. The quantitative estimate of drug-likeness (QED) is 0.639. The number of hydrogen-bond acceptors (Lipinski definition) is 5. The summed E-state index contributed by atoms with van der Waals surface area (Å²) in [5.41, 5.74) is 0. The summed E-state index contributed by atoms with van der Waals surface area (Å²) in [5.74, 6) is -0.247. The van der Waals surface area contributed by atoms with Crippen molar-refractivity contribution in [3.63, 3.8) is 0 Å². The van der Waals surface area contributed by atoms with Crippen LogP contribution in [-0.4, -0.2) is 27.6 Å². The number of pyridine rings is 1. The Morgan fingerprint density at radius 1 is 1.14 bits per heavy atom. The van der Waals surface area contributed by atoms with Crippen molar-refractivity contribution in [2.45, 2.75) is 18.9 Å². The van der Waals surface area contributed by atoms with Gasteiger partial charge in [-0.2, -0.15) is 0 Å². The summed E-state index contributed by atoms with van der Waals surface area (Å²) in [6, 6.07) is 7.83. The number of carbonyl (C=O) groups excluding carboxylic acids is 3. The number of rotatable bonds is 5. The highest BCUT2D eigenvalue weighted by atomic mass is 16.3. The summed E-state index contributed by atoms with van der Waals surface area (Å²) in [6.07, 6.45) is 7.95. The van der Waals surface area contributed by atoms with Gasteiger partial charge in [0, 0.05) is 6.20 Å². The van der Waals surface area contributed by atoms with E-state index in [1.165, 1.54) is 11.2 Å². The van der Waals surface area contributed by atoms with E-state index in [4.69, 9.17) is 4.42 Å². The van der Waals surface area contributed by atoms with E-state index < -0.39 is 6.04 Å². The molecule has 1 saturated heterocycles. The molecule has 2 fully saturated rings. The molecule has 5 rings (SSSR count). The van der Waals surface area contributed by atoms with Crippen LogP contribution in [0.5, 0.6) is 0 Å². The lowest BCUT2D eigenvalue weighted by Gasteiger charge is -2.26. The van der Waals surface area contributed by atoms with E-state index >= 15 is 0 Å². The molecule has 2 aromatic rings. The van der Waals surface area contributed by atoms with E-state index in [-0.39, 0.29) is 47.8 Å². The Kier molecular flexibility index (Phi) is 3.89. The third-order valence-electron chi connectivity index (χ3n) is 6.00. The number of likely N-dealkylation sites (tertiary alicyclic amines) is 1. The van der Waals surface area contributed by atoms with Gasteiger partial charge in [0.1, 0.15) is 17.6 Å². The van der Waals surface area contributed by atoms with Gasteiger partial charge in [0.2, 0.25) is 17.7 Å². The zero-order valence-corrected chi connectivity index (χ0v) is 15.0. The molecular weight excluding hydrogens is 358 g/mol. The number of nitrogens with one attached hydrogen (secondary N) is 1. The third-order valence-corrected chi connectivity index (χ3v) is 6.00. The van der Waals surface area contributed by atoms with Gasteiger partial charge in [-0.05, 0) is 42.5 Å². The van der Waals surface area contributed by atoms with Crippen molar-refractivity contribution in [3.05, 3.63) is 60.7 Å². The molecule has 7 heteroatoms. The Bertz CT molecular complexity index is 923. The predicted molar refractivity (Wildman–Crippen MR) is 98.5 cm³/mol. The minimum absolute atomic E-state index is 0.0796. The topological polar surface area (TPSA) is 92.5 Å². The first-order valence-corrected chi connectivity index (χ1v) is 9.43. The third kappa shape index (κ3) is 2.58. The molecule has 2 aromatic heterocycles. The van der Waals surface area contributed by atoms with E-state index in [0.717, 1.165) is 6.42 Å². The summed E-state index contributed by atoms with van der Waals surface area (Å²) >= 11 is 0. The Morgan fingerprint density at radius 2 is 1.89 bits per heavy atom. The highest BCUT2D eigenvalue weighted by molar-refractivity contribution is 6.07. The fourth-order valence-electron chi connectivity index (χ4n) is 4.84. The first-order chi connectivity index (χ1) is 13.6. The summed E-state index contributed by atoms with van der Waals surface area (Å²) < 4.78 is 5.49. The molecule has 7 nitrogen and oxygen atoms in total. The van der Waals surface area contributed by atoms with Crippen LogP contribution in [0.25, 0.3) is 0 Å². The Morgan fingerprint density at radius 3 is 2.50 bits per heavy atom.